The average molecular weight is 188 g/mol. The minimum absolute atomic E-state index is 0.131. The highest BCUT2D eigenvalue weighted by molar-refractivity contribution is 5.80. The molecule has 0 radical (unpaired) electrons. The second kappa shape index (κ2) is 6.86. The van der Waals surface area contributed by atoms with E-state index < -0.39 is 6.04 Å². The molecule has 4 nitrogen and oxygen atoms in total. The van der Waals surface area contributed by atoms with Crippen LogP contribution in [0.2, 0.25) is 0 Å². The van der Waals surface area contributed by atoms with Gasteiger partial charge in [0, 0.05) is 13.2 Å². The molecule has 0 spiro atoms. The van der Waals surface area contributed by atoms with Gasteiger partial charge in [-0.05, 0) is 12.8 Å². The first kappa shape index (κ1) is 12.4. The third-order valence-electron chi connectivity index (χ3n) is 1.41. The molecule has 0 aromatic carbocycles. The van der Waals surface area contributed by atoms with Crippen LogP contribution in [-0.4, -0.2) is 31.7 Å². The Morgan fingerprint density at radius 3 is 2.54 bits per heavy atom. The number of rotatable bonds is 6. The first-order chi connectivity index (χ1) is 6.04. The van der Waals surface area contributed by atoms with Crippen molar-refractivity contribution in [1.29, 1.82) is 0 Å². The van der Waals surface area contributed by atoms with Gasteiger partial charge in [0.15, 0.2) is 0 Å². The van der Waals surface area contributed by atoms with E-state index >= 15 is 0 Å². The van der Waals surface area contributed by atoms with Crippen molar-refractivity contribution in [2.24, 2.45) is 11.7 Å². The van der Waals surface area contributed by atoms with Crippen molar-refractivity contribution < 1.29 is 9.53 Å². The zero-order valence-corrected chi connectivity index (χ0v) is 8.67. The summed E-state index contributed by atoms with van der Waals surface area (Å²) in [5.41, 5.74) is 5.35. The summed E-state index contributed by atoms with van der Waals surface area (Å²) in [6, 6.07) is -0.440. The van der Waals surface area contributed by atoms with Crippen LogP contribution in [0.25, 0.3) is 0 Å². The minimum Gasteiger partial charge on any atom is -0.379 e. The molecule has 0 aliphatic carbocycles. The van der Waals surface area contributed by atoms with Gasteiger partial charge in [0.05, 0.1) is 12.6 Å². The third-order valence-corrected chi connectivity index (χ3v) is 1.41. The first-order valence-corrected chi connectivity index (χ1v) is 4.65. The number of nitrogens with two attached hydrogens (primary N) is 1. The van der Waals surface area contributed by atoms with Gasteiger partial charge in [-0.3, -0.25) is 4.79 Å². The molecular formula is C9H20N2O2. The van der Waals surface area contributed by atoms with Crippen LogP contribution in [0, 0.1) is 5.92 Å². The van der Waals surface area contributed by atoms with Gasteiger partial charge in [-0.15, -0.1) is 0 Å². The van der Waals surface area contributed by atoms with E-state index in [0.29, 0.717) is 19.1 Å². The minimum atomic E-state index is -0.440. The van der Waals surface area contributed by atoms with Gasteiger partial charge in [0.1, 0.15) is 0 Å². The highest BCUT2D eigenvalue weighted by Gasteiger charge is 2.04. The Bertz CT molecular complexity index is 147. The lowest BCUT2D eigenvalue weighted by atomic mass is 10.2. The molecule has 1 amide bonds. The lowest BCUT2D eigenvalue weighted by molar-refractivity contribution is -0.122. The molecule has 0 rings (SSSR count). The van der Waals surface area contributed by atoms with Gasteiger partial charge in [0.25, 0.3) is 0 Å². The predicted octanol–water partition coefficient (Wildman–Crippen LogP) is 0.122. The monoisotopic (exact) mass is 188 g/mol. The second-order valence-corrected chi connectivity index (χ2v) is 3.55. The molecule has 0 heterocycles. The number of amides is 1. The highest BCUT2D eigenvalue weighted by atomic mass is 16.5. The summed E-state index contributed by atoms with van der Waals surface area (Å²) in [5.74, 6) is 0.400. The maximum atomic E-state index is 10.9. The smallest absolute Gasteiger partial charge is 0.236 e. The molecule has 0 bridgehead atoms. The predicted molar refractivity (Wildman–Crippen MR) is 52.3 cm³/mol. The molecule has 4 heteroatoms. The standard InChI is InChI=1S/C9H20N2O2/c1-7(2)6-13-5-4-11-9(12)8(3)10/h7-8H,4-6,10H2,1-3H3,(H,11,12)/t8-/m0/s1. The average Bonchev–Trinajstić information content (AvgIpc) is 2.02. The van der Waals surface area contributed by atoms with Crippen molar-refractivity contribution in [3.8, 4) is 0 Å². The second-order valence-electron chi connectivity index (χ2n) is 3.55. The summed E-state index contributed by atoms with van der Waals surface area (Å²) in [7, 11) is 0. The van der Waals surface area contributed by atoms with Crippen molar-refractivity contribution in [1.82, 2.24) is 5.32 Å². The summed E-state index contributed by atoms with van der Waals surface area (Å²) in [4.78, 5) is 10.9. The summed E-state index contributed by atoms with van der Waals surface area (Å²) in [6.07, 6.45) is 0. The van der Waals surface area contributed by atoms with Gasteiger partial charge in [0.2, 0.25) is 5.91 Å². The van der Waals surface area contributed by atoms with Crippen molar-refractivity contribution in [3.63, 3.8) is 0 Å². The number of hydrogen-bond acceptors (Lipinski definition) is 3. The number of nitrogens with one attached hydrogen (secondary N) is 1. The zero-order chi connectivity index (χ0) is 10.3. The van der Waals surface area contributed by atoms with Crippen LogP contribution >= 0.6 is 0 Å². The van der Waals surface area contributed by atoms with Crippen LogP contribution in [0.1, 0.15) is 20.8 Å². The van der Waals surface area contributed by atoms with Crippen LogP contribution in [0.4, 0.5) is 0 Å². The molecule has 0 aromatic heterocycles. The van der Waals surface area contributed by atoms with E-state index in [-0.39, 0.29) is 5.91 Å². The number of carbonyl (C=O) groups is 1. The van der Waals surface area contributed by atoms with Crippen LogP contribution in [-0.2, 0) is 9.53 Å². The Hall–Kier alpha value is -0.610. The summed E-state index contributed by atoms with van der Waals surface area (Å²) < 4.78 is 5.27. The summed E-state index contributed by atoms with van der Waals surface area (Å²) in [5, 5.41) is 2.67. The van der Waals surface area contributed by atoms with Gasteiger partial charge >= 0.3 is 0 Å². The molecule has 13 heavy (non-hydrogen) atoms. The van der Waals surface area contributed by atoms with E-state index in [1.165, 1.54) is 0 Å². The van der Waals surface area contributed by atoms with Gasteiger partial charge in [-0.2, -0.15) is 0 Å². The Morgan fingerprint density at radius 2 is 2.08 bits per heavy atom. The molecular weight excluding hydrogens is 168 g/mol. The van der Waals surface area contributed by atoms with E-state index in [4.69, 9.17) is 10.5 Å². The molecule has 0 aliphatic rings. The molecule has 0 aliphatic heterocycles. The quantitative estimate of drug-likeness (QED) is 0.582. The first-order valence-electron chi connectivity index (χ1n) is 4.65. The highest BCUT2D eigenvalue weighted by Crippen LogP contribution is 1.90. The van der Waals surface area contributed by atoms with E-state index in [9.17, 15) is 4.79 Å². The molecule has 0 unspecified atom stereocenters. The fourth-order valence-corrected chi connectivity index (χ4v) is 0.726. The van der Waals surface area contributed by atoms with E-state index in [0.717, 1.165) is 6.61 Å². The van der Waals surface area contributed by atoms with Gasteiger partial charge in [-0.25, -0.2) is 0 Å². The Kier molecular flexibility index (Phi) is 6.54. The molecule has 78 valence electrons. The SMILES string of the molecule is CC(C)COCCNC(=O)[C@H](C)N. The number of hydrogen-bond donors (Lipinski definition) is 2. The van der Waals surface area contributed by atoms with Gasteiger partial charge in [-0.1, -0.05) is 13.8 Å². The third kappa shape index (κ3) is 7.74. The van der Waals surface area contributed by atoms with Crippen LogP contribution in [0.3, 0.4) is 0 Å². The van der Waals surface area contributed by atoms with E-state index in [1.54, 1.807) is 6.92 Å². The Labute approximate surface area is 79.8 Å². The van der Waals surface area contributed by atoms with Crippen LogP contribution in [0.5, 0.6) is 0 Å². The normalized spacial score (nSPS) is 13.0. The molecule has 0 fully saturated rings. The Morgan fingerprint density at radius 1 is 1.46 bits per heavy atom. The molecule has 0 saturated heterocycles. The van der Waals surface area contributed by atoms with Crippen LogP contribution in [0.15, 0.2) is 0 Å². The lowest BCUT2D eigenvalue weighted by Gasteiger charge is -2.09. The fraction of sp³-hybridized carbons (Fsp3) is 0.889. The molecule has 3 N–H and O–H groups in total. The lowest BCUT2D eigenvalue weighted by Crippen LogP contribution is -2.39. The van der Waals surface area contributed by atoms with Crippen molar-refractivity contribution in [2.75, 3.05) is 19.8 Å². The maximum Gasteiger partial charge on any atom is 0.236 e. The van der Waals surface area contributed by atoms with Crippen molar-refractivity contribution >= 4 is 5.91 Å². The van der Waals surface area contributed by atoms with Crippen molar-refractivity contribution in [2.45, 2.75) is 26.8 Å². The fourth-order valence-electron chi connectivity index (χ4n) is 0.726. The zero-order valence-electron chi connectivity index (χ0n) is 8.67. The summed E-state index contributed by atoms with van der Waals surface area (Å²) in [6.45, 7) is 7.64. The maximum absolute atomic E-state index is 10.9. The molecule has 0 saturated carbocycles. The van der Waals surface area contributed by atoms with Gasteiger partial charge < -0.3 is 15.8 Å². The van der Waals surface area contributed by atoms with E-state index in [2.05, 4.69) is 19.2 Å². The molecule has 0 aromatic rings. The van der Waals surface area contributed by atoms with Crippen molar-refractivity contribution in [3.05, 3.63) is 0 Å². The number of carbonyl (C=O) groups excluding carboxylic acids is 1. The summed E-state index contributed by atoms with van der Waals surface area (Å²) >= 11 is 0. The molecule has 1 atom stereocenters. The largest absolute Gasteiger partial charge is 0.379 e. The topological polar surface area (TPSA) is 64.3 Å². The number of ether oxygens (including phenoxy) is 1. The Balaban J connectivity index is 3.21. The van der Waals surface area contributed by atoms with Crippen LogP contribution < -0.4 is 11.1 Å². The van der Waals surface area contributed by atoms with E-state index in [1.807, 2.05) is 0 Å².